The third-order valence-corrected chi connectivity index (χ3v) is 3.95. The number of hydrogen-bond donors (Lipinski definition) is 0. The monoisotopic (exact) mass is 364 g/mol. The van der Waals surface area contributed by atoms with Crippen LogP contribution < -0.4 is 0 Å². The molecule has 0 unspecified atom stereocenters. The molecule has 0 spiro atoms. The Labute approximate surface area is 121 Å². The van der Waals surface area contributed by atoms with Crippen LogP contribution in [0.4, 0.5) is 0 Å². The number of rotatable bonds is 9. The fraction of sp³-hybridized carbons (Fsp3) is 0.769. The minimum absolute atomic E-state index is 0.906. The summed E-state index contributed by atoms with van der Waals surface area (Å²) in [5.74, 6) is 0. The number of halogens is 2. The summed E-state index contributed by atoms with van der Waals surface area (Å²) in [6, 6.07) is 1.99. The van der Waals surface area contributed by atoms with Gasteiger partial charge in [0.25, 0.3) is 0 Å². The topological polar surface area (TPSA) is 17.8 Å². The van der Waals surface area contributed by atoms with Crippen LogP contribution in [0.15, 0.2) is 15.3 Å². The minimum atomic E-state index is 0.906. The van der Waals surface area contributed by atoms with Gasteiger partial charge in [0.05, 0.1) is 0 Å². The van der Waals surface area contributed by atoms with Gasteiger partial charge in [0.15, 0.2) is 0 Å². The van der Waals surface area contributed by atoms with Crippen LogP contribution >= 0.6 is 31.9 Å². The highest BCUT2D eigenvalue weighted by molar-refractivity contribution is 9.11. The zero-order chi connectivity index (χ0) is 12.5. The van der Waals surface area contributed by atoms with E-state index in [1.54, 1.807) is 0 Å². The standard InChI is InChI=1S/C13H22Br2N2/c1-2-3-4-5-6-7-8-9-10-17-13(15)11-12(14)16-17/h11H,2-10H2,1H3. The molecule has 17 heavy (non-hydrogen) atoms. The normalized spacial score (nSPS) is 11.0. The number of aromatic nitrogens is 2. The molecule has 0 amide bonds. The first-order chi connectivity index (χ1) is 8.24. The molecule has 0 aliphatic carbocycles. The molecule has 98 valence electrons. The molecule has 1 rings (SSSR count). The number of hydrogen-bond acceptors (Lipinski definition) is 1. The third-order valence-electron chi connectivity index (χ3n) is 2.92. The van der Waals surface area contributed by atoms with Gasteiger partial charge >= 0.3 is 0 Å². The van der Waals surface area contributed by atoms with Crippen LogP contribution in [0.25, 0.3) is 0 Å². The lowest BCUT2D eigenvalue weighted by Crippen LogP contribution is -2.00. The second kappa shape index (κ2) is 9.15. The Bertz CT molecular complexity index is 310. The molecule has 0 aliphatic rings. The van der Waals surface area contributed by atoms with Crippen molar-refractivity contribution < 1.29 is 0 Å². The highest BCUT2D eigenvalue weighted by Gasteiger charge is 2.02. The number of unbranched alkanes of at least 4 members (excludes halogenated alkanes) is 7. The van der Waals surface area contributed by atoms with E-state index >= 15 is 0 Å². The van der Waals surface area contributed by atoms with Crippen molar-refractivity contribution in [1.29, 1.82) is 0 Å². The van der Waals surface area contributed by atoms with E-state index in [0.29, 0.717) is 0 Å². The molecule has 0 radical (unpaired) electrons. The molecule has 0 atom stereocenters. The largest absolute Gasteiger partial charge is 0.257 e. The summed E-state index contributed by atoms with van der Waals surface area (Å²) in [5.41, 5.74) is 0. The van der Waals surface area contributed by atoms with E-state index in [1.165, 1.54) is 51.4 Å². The van der Waals surface area contributed by atoms with Gasteiger partial charge in [-0.05, 0) is 38.3 Å². The molecule has 0 saturated heterocycles. The summed E-state index contributed by atoms with van der Waals surface area (Å²) < 4.78 is 3.98. The average molecular weight is 366 g/mol. The van der Waals surface area contributed by atoms with E-state index in [0.717, 1.165) is 15.8 Å². The maximum atomic E-state index is 4.35. The van der Waals surface area contributed by atoms with Crippen LogP contribution in [0.5, 0.6) is 0 Å². The van der Waals surface area contributed by atoms with Crippen LogP contribution in [0.3, 0.4) is 0 Å². The molecule has 1 aromatic rings. The Morgan fingerprint density at radius 1 is 1.00 bits per heavy atom. The van der Waals surface area contributed by atoms with Gasteiger partial charge in [0, 0.05) is 12.6 Å². The molecule has 0 aliphatic heterocycles. The second-order valence-corrected chi connectivity index (χ2v) is 6.11. The van der Waals surface area contributed by atoms with Crippen LogP contribution in [-0.4, -0.2) is 9.78 Å². The lowest BCUT2D eigenvalue weighted by atomic mass is 10.1. The minimum Gasteiger partial charge on any atom is -0.257 e. The quantitative estimate of drug-likeness (QED) is 0.524. The van der Waals surface area contributed by atoms with E-state index in [1.807, 2.05) is 10.7 Å². The molecule has 1 aromatic heterocycles. The SMILES string of the molecule is CCCCCCCCCCn1nc(Br)cc1Br. The van der Waals surface area contributed by atoms with Crippen molar-refractivity contribution in [3.63, 3.8) is 0 Å². The average Bonchev–Trinajstić information content (AvgIpc) is 2.61. The summed E-state index contributed by atoms with van der Waals surface area (Å²) in [5, 5.41) is 4.35. The fourth-order valence-corrected chi connectivity index (χ4v) is 3.11. The second-order valence-electron chi connectivity index (χ2n) is 4.49. The Kier molecular flexibility index (Phi) is 8.19. The summed E-state index contributed by atoms with van der Waals surface area (Å²) in [4.78, 5) is 0. The van der Waals surface area contributed by atoms with Crippen LogP contribution in [0.2, 0.25) is 0 Å². The van der Waals surface area contributed by atoms with Crippen molar-refractivity contribution in [2.24, 2.45) is 0 Å². The Hall–Kier alpha value is 0.170. The first-order valence-electron chi connectivity index (χ1n) is 6.63. The number of nitrogens with zero attached hydrogens (tertiary/aromatic N) is 2. The van der Waals surface area contributed by atoms with Gasteiger partial charge < -0.3 is 0 Å². The van der Waals surface area contributed by atoms with Gasteiger partial charge in [-0.15, -0.1) is 0 Å². The van der Waals surface area contributed by atoms with Crippen LogP contribution in [0, 0.1) is 0 Å². The lowest BCUT2D eigenvalue weighted by Gasteiger charge is -2.03. The van der Waals surface area contributed by atoms with Crippen molar-refractivity contribution in [3.05, 3.63) is 15.3 Å². The zero-order valence-electron chi connectivity index (χ0n) is 10.6. The van der Waals surface area contributed by atoms with E-state index in [-0.39, 0.29) is 0 Å². The fourth-order valence-electron chi connectivity index (χ4n) is 1.92. The summed E-state index contributed by atoms with van der Waals surface area (Å²) in [7, 11) is 0. The van der Waals surface area contributed by atoms with Gasteiger partial charge in [0.1, 0.15) is 9.21 Å². The zero-order valence-corrected chi connectivity index (χ0v) is 13.8. The first-order valence-corrected chi connectivity index (χ1v) is 8.21. The van der Waals surface area contributed by atoms with E-state index in [9.17, 15) is 0 Å². The van der Waals surface area contributed by atoms with E-state index < -0.39 is 0 Å². The van der Waals surface area contributed by atoms with Crippen LogP contribution in [-0.2, 0) is 6.54 Å². The predicted octanol–water partition coefficient (Wildman–Crippen LogP) is 5.55. The molecule has 0 bridgehead atoms. The molecule has 2 nitrogen and oxygen atoms in total. The van der Waals surface area contributed by atoms with E-state index in [2.05, 4.69) is 43.9 Å². The van der Waals surface area contributed by atoms with Crippen molar-refractivity contribution in [3.8, 4) is 0 Å². The highest BCUT2D eigenvalue weighted by Crippen LogP contribution is 2.17. The summed E-state index contributed by atoms with van der Waals surface area (Å²) >= 11 is 6.88. The molecular weight excluding hydrogens is 344 g/mol. The van der Waals surface area contributed by atoms with Crippen LogP contribution in [0.1, 0.15) is 58.3 Å². The number of aryl methyl sites for hydroxylation is 1. The van der Waals surface area contributed by atoms with Gasteiger partial charge in [-0.3, -0.25) is 4.68 Å². The maximum Gasteiger partial charge on any atom is 0.129 e. The lowest BCUT2D eigenvalue weighted by molar-refractivity contribution is 0.513. The van der Waals surface area contributed by atoms with Gasteiger partial charge in [-0.2, -0.15) is 5.10 Å². The van der Waals surface area contributed by atoms with E-state index in [4.69, 9.17) is 0 Å². The molecule has 4 heteroatoms. The van der Waals surface area contributed by atoms with Crippen molar-refractivity contribution in [1.82, 2.24) is 9.78 Å². The molecular formula is C13H22Br2N2. The predicted molar refractivity (Wildman–Crippen MR) is 80.2 cm³/mol. The third kappa shape index (κ3) is 6.61. The van der Waals surface area contributed by atoms with Gasteiger partial charge in [-0.1, -0.05) is 51.9 Å². The Balaban J connectivity index is 1.99. The van der Waals surface area contributed by atoms with Gasteiger partial charge in [-0.25, -0.2) is 0 Å². The highest BCUT2D eigenvalue weighted by atomic mass is 79.9. The summed E-state index contributed by atoms with van der Waals surface area (Å²) in [6.07, 6.45) is 10.8. The smallest absolute Gasteiger partial charge is 0.129 e. The Morgan fingerprint density at radius 2 is 1.59 bits per heavy atom. The van der Waals surface area contributed by atoms with Crippen molar-refractivity contribution >= 4 is 31.9 Å². The first kappa shape index (κ1) is 15.2. The molecule has 1 heterocycles. The maximum absolute atomic E-state index is 4.35. The van der Waals surface area contributed by atoms with Crippen molar-refractivity contribution in [2.75, 3.05) is 0 Å². The summed E-state index contributed by atoms with van der Waals surface area (Å²) in [6.45, 7) is 3.28. The molecule has 0 saturated carbocycles. The van der Waals surface area contributed by atoms with Gasteiger partial charge in [0.2, 0.25) is 0 Å². The molecule has 0 aromatic carbocycles. The van der Waals surface area contributed by atoms with Crippen molar-refractivity contribution in [2.45, 2.75) is 64.8 Å². The molecule has 0 fully saturated rings. The Morgan fingerprint density at radius 3 is 2.12 bits per heavy atom. The molecule has 0 N–H and O–H groups in total.